The lowest BCUT2D eigenvalue weighted by Crippen LogP contribution is -2.71. The molecule has 36 heavy (non-hydrogen) atoms. The summed E-state index contributed by atoms with van der Waals surface area (Å²) >= 11 is 3.73. The van der Waals surface area contributed by atoms with E-state index in [9.17, 15) is 24.3 Å². The van der Waals surface area contributed by atoms with E-state index in [1.54, 1.807) is 17.7 Å². The highest BCUT2D eigenvalue weighted by atomic mass is 32.2. The van der Waals surface area contributed by atoms with E-state index in [4.69, 9.17) is 15.7 Å². The molecule has 2 atom stereocenters. The molecule has 1 fully saturated rings. The minimum absolute atomic E-state index is 0.0391. The number of anilines is 1. The van der Waals surface area contributed by atoms with E-state index >= 15 is 0 Å². The number of nitrogens with zero attached hydrogens (tertiary/aromatic N) is 4. The van der Waals surface area contributed by atoms with Gasteiger partial charge in [0.15, 0.2) is 10.8 Å². The number of thioether (sulfide) groups is 1. The summed E-state index contributed by atoms with van der Waals surface area (Å²) in [6, 6.07) is -1.04. The van der Waals surface area contributed by atoms with E-state index in [1.807, 2.05) is 6.92 Å². The van der Waals surface area contributed by atoms with Crippen molar-refractivity contribution < 1.29 is 34.2 Å². The molecular weight excluding hydrogens is 532 g/mol. The highest BCUT2D eigenvalue weighted by Gasteiger charge is 2.54. The predicted octanol–water partition coefficient (Wildman–Crippen LogP) is 0.748. The van der Waals surface area contributed by atoms with Crippen molar-refractivity contribution in [3.05, 3.63) is 44.5 Å². The second-order valence-corrected chi connectivity index (χ2v) is 10.2. The molecule has 0 radical (unpaired) electrons. The maximum absolute atomic E-state index is 12.9. The maximum Gasteiger partial charge on any atom is 0.352 e. The number of aryl methyl sites for hydroxylation is 1. The topological polar surface area (TPSA) is 197 Å². The van der Waals surface area contributed by atoms with Crippen LogP contribution in [0.5, 0.6) is 0 Å². The number of aromatic nitrogens is 2. The summed E-state index contributed by atoms with van der Waals surface area (Å²) in [6.45, 7) is 1.04. The van der Waals surface area contributed by atoms with Crippen LogP contribution in [0, 0.1) is 6.92 Å². The number of thiazole rings is 2. The van der Waals surface area contributed by atoms with Crippen molar-refractivity contribution in [2.75, 3.05) is 18.1 Å². The van der Waals surface area contributed by atoms with Crippen molar-refractivity contribution in [3.8, 4) is 0 Å². The lowest BCUT2D eigenvalue weighted by molar-refractivity contribution is -0.150. The number of carbonyl (C=O) groups excluding carboxylic acids is 2. The van der Waals surface area contributed by atoms with Crippen LogP contribution in [0.25, 0.3) is 6.08 Å². The standard InChI is InChI=1S/C20H18N6O7S3/c1-8-11(36-7-22-8)3-2-9-5-34-18-14(17(30)26(18)15(9)19(31)32)24-16(29)13(25-33-4-12(27)28)10-6-35-20(21)23-10/h2-3,6-7,14,18H,4-5H2,1H3,(H2,21,23)(H,24,29)(H,27,28)(H,31,32)/t14?,18-/m1/s1. The third-order valence-electron chi connectivity index (χ3n) is 5.03. The second-order valence-electron chi connectivity index (χ2n) is 7.35. The number of amides is 2. The number of oxime groups is 1. The Balaban J connectivity index is 1.53. The number of hydrogen-bond donors (Lipinski definition) is 4. The monoisotopic (exact) mass is 550 g/mol. The first-order valence-corrected chi connectivity index (χ1v) is 12.9. The summed E-state index contributed by atoms with van der Waals surface area (Å²) in [4.78, 5) is 63.4. The Hall–Kier alpha value is -3.76. The van der Waals surface area contributed by atoms with E-state index in [2.05, 4.69) is 20.4 Å². The van der Waals surface area contributed by atoms with Crippen LogP contribution in [0.4, 0.5) is 5.13 Å². The first kappa shape index (κ1) is 25.3. The van der Waals surface area contributed by atoms with Gasteiger partial charge in [-0.1, -0.05) is 11.2 Å². The Labute approximate surface area is 215 Å². The van der Waals surface area contributed by atoms with Crippen LogP contribution in [-0.4, -0.2) is 78.3 Å². The Bertz CT molecular complexity index is 1330. The van der Waals surface area contributed by atoms with Gasteiger partial charge in [-0.25, -0.2) is 19.6 Å². The number of carboxylic acid groups (broad SMARTS) is 2. The number of allylic oxidation sites excluding steroid dienone is 1. The Morgan fingerprint density at radius 1 is 1.33 bits per heavy atom. The molecule has 13 nitrogen and oxygen atoms in total. The fourth-order valence-corrected chi connectivity index (χ4v) is 5.94. The lowest BCUT2D eigenvalue weighted by Gasteiger charge is -2.49. The maximum atomic E-state index is 12.9. The molecule has 0 aromatic carbocycles. The summed E-state index contributed by atoms with van der Waals surface area (Å²) in [7, 11) is 0. The molecule has 0 saturated carbocycles. The van der Waals surface area contributed by atoms with E-state index in [1.165, 1.54) is 28.5 Å². The summed E-state index contributed by atoms with van der Waals surface area (Å²) in [5, 5.41) is 25.6. The molecule has 2 aromatic heterocycles. The van der Waals surface area contributed by atoms with Crippen molar-refractivity contribution in [1.29, 1.82) is 0 Å². The van der Waals surface area contributed by atoms with Gasteiger partial charge in [0.2, 0.25) is 6.61 Å². The van der Waals surface area contributed by atoms with Gasteiger partial charge in [-0.15, -0.1) is 34.4 Å². The highest BCUT2D eigenvalue weighted by molar-refractivity contribution is 8.00. The molecular formula is C20H18N6O7S3. The fourth-order valence-electron chi connectivity index (χ4n) is 3.38. The largest absolute Gasteiger partial charge is 0.479 e. The van der Waals surface area contributed by atoms with E-state index < -0.39 is 41.8 Å². The predicted molar refractivity (Wildman–Crippen MR) is 132 cm³/mol. The SMILES string of the molecule is Cc1ncsc1C=CC1=C(C(=O)O)N2C(=O)C(NC(=O)C(=NOCC(=O)O)c3csc(N)n3)[C@H]2SC1. The van der Waals surface area contributed by atoms with E-state index in [0.29, 0.717) is 11.3 Å². The molecule has 1 saturated heterocycles. The van der Waals surface area contributed by atoms with Gasteiger partial charge in [-0.3, -0.25) is 14.5 Å². The third kappa shape index (κ3) is 5.09. The summed E-state index contributed by atoms with van der Waals surface area (Å²) in [5.74, 6) is -3.73. The number of nitrogens with two attached hydrogens (primary N) is 1. The third-order valence-corrected chi connectivity index (χ3v) is 7.90. The second kappa shape index (κ2) is 10.5. The van der Waals surface area contributed by atoms with E-state index in [0.717, 1.165) is 26.8 Å². The molecule has 0 aliphatic carbocycles. The molecule has 0 bridgehead atoms. The first-order chi connectivity index (χ1) is 17.2. The molecule has 1 unspecified atom stereocenters. The van der Waals surface area contributed by atoms with Gasteiger partial charge in [-0.05, 0) is 18.6 Å². The van der Waals surface area contributed by atoms with Gasteiger partial charge in [-0.2, -0.15) is 0 Å². The summed E-state index contributed by atoms with van der Waals surface area (Å²) < 4.78 is 0. The number of nitrogen functional groups attached to an aromatic ring is 1. The number of carboxylic acids is 2. The van der Waals surface area contributed by atoms with Crippen molar-refractivity contribution in [2.45, 2.75) is 18.3 Å². The number of fused-ring (bicyclic) bond motifs is 1. The number of nitrogens with one attached hydrogen (secondary N) is 1. The van der Waals surface area contributed by atoms with Gasteiger partial charge in [0.05, 0.1) is 11.2 Å². The normalized spacial score (nSPS) is 19.8. The quantitative estimate of drug-likeness (QED) is 0.195. The van der Waals surface area contributed by atoms with Gasteiger partial charge >= 0.3 is 11.9 Å². The lowest BCUT2D eigenvalue weighted by atomic mass is 10.0. The Morgan fingerprint density at radius 3 is 2.72 bits per heavy atom. The van der Waals surface area contributed by atoms with Crippen LogP contribution < -0.4 is 11.1 Å². The number of hydrogen-bond acceptors (Lipinski definition) is 12. The molecule has 188 valence electrons. The number of carbonyl (C=O) groups is 4. The van der Waals surface area contributed by atoms with Gasteiger partial charge in [0.1, 0.15) is 22.8 Å². The zero-order chi connectivity index (χ0) is 26.0. The molecule has 2 aliphatic heterocycles. The van der Waals surface area contributed by atoms with Crippen LogP contribution in [0.3, 0.4) is 0 Å². The molecule has 2 amide bonds. The van der Waals surface area contributed by atoms with E-state index in [-0.39, 0.29) is 22.2 Å². The molecule has 2 aromatic rings. The zero-order valence-corrected chi connectivity index (χ0v) is 20.9. The van der Waals surface area contributed by atoms with Crippen LogP contribution in [0.1, 0.15) is 16.3 Å². The minimum atomic E-state index is -1.30. The van der Waals surface area contributed by atoms with Crippen molar-refractivity contribution in [3.63, 3.8) is 0 Å². The van der Waals surface area contributed by atoms with Crippen LogP contribution in [0.2, 0.25) is 0 Å². The van der Waals surface area contributed by atoms with Gasteiger partial charge in [0.25, 0.3) is 11.8 Å². The van der Waals surface area contributed by atoms with Crippen LogP contribution in [0.15, 0.2) is 33.4 Å². The first-order valence-electron chi connectivity index (χ1n) is 10.1. The summed E-state index contributed by atoms with van der Waals surface area (Å²) in [6.07, 6.45) is 3.42. The number of rotatable bonds is 9. The minimum Gasteiger partial charge on any atom is -0.479 e. The fraction of sp³-hybridized carbons (Fsp3) is 0.250. The van der Waals surface area contributed by atoms with Crippen LogP contribution >= 0.6 is 34.4 Å². The Kier molecular flexibility index (Phi) is 7.37. The molecule has 4 heterocycles. The number of aliphatic carboxylic acids is 2. The van der Waals surface area contributed by atoms with Gasteiger partial charge < -0.3 is 26.1 Å². The zero-order valence-electron chi connectivity index (χ0n) is 18.4. The molecule has 4 rings (SSSR count). The average Bonchev–Trinajstić information content (AvgIpc) is 3.45. The average molecular weight is 551 g/mol. The highest BCUT2D eigenvalue weighted by Crippen LogP contribution is 2.41. The molecule has 16 heteroatoms. The molecule has 2 aliphatic rings. The van der Waals surface area contributed by atoms with Crippen LogP contribution in [-0.2, 0) is 24.0 Å². The van der Waals surface area contributed by atoms with Crippen molar-refractivity contribution in [2.24, 2.45) is 5.16 Å². The molecule has 0 spiro atoms. The Morgan fingerprint density at radius 2 is 2.11 bits per heavy atom. The molecule has 5 N–H and O–H groups in total. The number of β-lactam (4-membered cyclic amide) rings is 1. The summed E-state index contributed by atoms with van der Waals surface area (Å²) in [5.41, 5.74) is 8.08. The smallest absolute Gasteiger partial charge is 0.352 e. The van der Waals surface area contributed by atoms with Crippen molar-refractivity contribution >= 4 is 75.1 Å². The van der Waals surface area contributed by atoms with Gasteiger partial charge in [0, 0.05) is 16.0 Å². The van der Waals surface area contributed by atoms with Crippen molar-refractivity contribution in [1.82, 2.24) is 20.2 Å².